The fourth-order valence-corrected chi connectivity index (χ4v) is 3.62. The summed E-state index contributed by atoms with van der Waals surface area (Å²) in [5.41, 5.74) is 7.90. The lowest BCUT2D eigenvalue weighted by molar-refractivity contribution is -0.0786. The molecule has 0 amide bonds. The molecule has 0 bridgehead atoms. The summed E-state index contributed by atoms with van der Waals surface area (Å²) in [6.45, 7) is 6.03. The van der Waals surface area contributed by atoms with Crippen LogP contribution < -0.4 is 5.73 Å². The fourth-order valence-electron chi connectivity index (χ4n) is 2.79. The van der Waals surface area contributed by atoms with Crippen molar-refractivity contribution < 1.29 is 4.74 Å². The number of benzene rings is 1. The normalized spacial score (nSPS) is 23.8. The highest BCUT2D eigenvalue weighted by Gasteiger charge is 2.61. The third kappa shape index (κ3) is 1.89. The summed E-state index contributed by atoms with van der Waals surface area (Å²) in [6, 6.07) is 8.96. The summed E-state index contributed by atoms with van der Waals surface area (Å²) in [5, 5.41) is 0.626. The predicted molar refractivity (Wildman–Crippen MR) is 76.1 cm³/mol. The van der Waals surface area contributed by atoms with Crippen molar-refractivity contribution in [2.45, 2.75) is 47.8 Å². The first kappa shape index (κ1) is 12.5. The number of hydrogen-bond acceptors (Lipinski definition) is 3. The Bertz CT molecular complexity index is 432. The SMILES string of the molecule is CC(C)Sc1ccc(C2(C3(N)CC3)COC2)cc1. The zero-order valence-electron chi connectivity index (χ0n) is 11.1. The lowest BCUT2D eigenvalue weighted by Crippen LogP contribution is -2.60. The van der Waals surface area contributed by atoms with Crippen LogP contribution >= 0.6 is 11.8 Å². The molecule has 1 heterocycles. The Morgan fingerprint density at radius 2 is 1.78 bits per heavy atom. The molecule has 2 fully saturated rings. The summed E-state index contributed by atoms with van der Waals surface area (Å²) in [7, 11) is 0. The Balaban J connectivity index is 1.84. The van der Waals surface area contributed by atoms with Crippen LogP contribution in [0.3, 0.4) is 0 Å². The number of rotatable bonds is 4. The molecule has 2 nitrogen and oxygen atoms in total. The molecule has 98 valence electrons. The molecule has 1 aromatic rings. The molecule has 1 aliphatic heterocycles. The van der Waals surface area contributed by atoms with Crippen molar-refractivity contribution in [2.24, 2.45) is 5.73 Å². The molecule has 0 aromatic heterocycles. The predicted octanol–water partition coefficient (Wildman–Crippen LogP) is 2.95. The average Bonchev–Trinajstić information content (AvgIpc) is 2.97. The third-order valence-corrected chi connectivity index (χ3v) is 5.23. The van der Waals surface area contributed by atoms with E-state index < -0.39 is 0 Å². The van der Waals surface area contributed by atoms with Gasteiger partial charge in [0.2, 0.25) is 0 Å². The third-order valence-electron chi connectivity index (χ3n) is 4.22. The average molecular weight is 263 g/mol. The van der Waals surface area contributed by atoms with Crippen molar-refractivity contribution in [1.29, 1.82) is 0 Å². The zero-order chi connectivity index (χ0) is 12.8. The van der Waals surface area contributed by atoms with Gasteiger partial charge in [-0.15, -0.1) is 11.8 Å². The number of hydrogen-bond donors (Lipinski definition) is 1. The minimum atomic E-state index is -0.00203. The lowest BCUT2D eigenvalue weighted by atomic mass is 9.71. The Kier molecular flexibility index (Phi) is 2.96. The van der Waals surface area contributed by atoms with Gasteiger partial charge in [0, 0.05) is 15.7 Å². The van der Waals surface area contributed by atoms with E-state index in [2.05, 4.69) is 38.1 Å². The van der Waals surface area contributed by atoms with Gasteiger partial charge in [-0.3, -0.25) is 0 Å². The summed E-state index contributed by atoms with van der Waals surface area (Å²) >= 11 is 1.90. The van der Waals surface area contributed by atoms with E-state index in [9.17, 15) is 0 Å². The molecule has 0 radical (unpaired) electrons. The number of ether oxygens (including phenoxy) is 1. The molecule has 1 aliphatic carbocycles. The first-order valence-electron chi connectivity index (χ1n) is 6.70. The molecule has 1 saturated heterocycles. The molecule has 0 atom stereocenters. The van der Waals surface area contributed by atoms with Gasteiger partial charge < -0.3 is 10.5 Å². The van der Waals surface area contributed by atoms with Crippen LogP contribution in [0.2, 0.25) is 0 Å². The minimum Gasteiger partial charge on any atom is -0.379 e. The van der Waals surface area contributed by atoms with E-state index >= 15 is 0 Å². The van der Waals surface area contributed by atoms with Crippen molar-refractivity contribution in [1.82, 2.24) is 0 Å². The summed E-state index contributed by atoms with van der Waals surface area (Å²) in [4.78, 5) is 1.34. The van der Waals surface area contributed by atoms with Gasteiger partial charge in [0.25, 0.3) is 0 Å². The smallest absolute Gasteiger partial charge is 0.0603 e. The van der Waals surface area contributed by atoms with Crippen LogP contribution in [0.5, 0.6) is 0 Å². The topological polar surface area (TPSA) is 35.2 Å². The Morgan fingerprint density at radius 3 is 2.17 bits per heavy atom. The highest BCUT2D eigenvalue weighted by molar-refractivity contribution is 7.99. The van der Waals surface area contributed by atoms with Gasteiger partial charge in [0.05, 0.1) is 18.6 Å². The van der Waals surface area contributed by atoms with Gasteiger partial charge in [0.1, 0.15) is 0 Å². The van der Waals surface area contributed by atoms with Crippen LogP contribution in [-0.2, 0) is 10.2 Å². The maximum atomic E-state index is 6.45. The first-order chi connectivity index (χ1) is 8.56. The second kappa shape index (κ2) is 4.26. The summed E-state index contributed by atoms with van der Waals surface area (Å²) in [6.07, 6.45) is 2.28. The summed E-state index contributed by atoms with van der Waals surface area (Å²) in [5.74, 6) is 0. The van der Waals surface area contributed by atoms with Gasteiger partial charge in [-0.05, 0) is 30.5 Å². The van der Waals surface area contributed by atoms with E-state index in [0.29, 0.717) is 5.25 Å². The molecule has 2 aliphatic rings. The van der Waals surface area contributed by atoms with Gasteiger partial charge in [-0.25, -0.2) is 0 Å². The molecule has 0 unspecified atom stereocenters. The Labute approximate surface area is 113 Å². The lowest BCUT2D eigenvalue weighted by Gasteiger charge is -2.47. The van der Waals surface area contributed by atoms with E-state index in [1.165, 1.54) is 10.5 Å². The molecule has 0 spiro atoms. The van der Waals surface area contributed by atoms with Gasteiger partial charge in [-0.2, -0.15) is 0 Å². The van der Waals surface area contributed by atoms with Crippen molar-refractivity contribution in [3.63, 3.8) is 0 Å². The molecular weight excluding hydrogens is 242 g/mol. The highest BCUT2D eigenvalue weighted by atomic mass is 32.2. The molecular formula is C15H21NOS. The van der Waals surface area contributed by atoms with Crippen LogP contribution in [-0.4, -0.2) is 24.0 Å². The van der Waals surface area contributed by atoms with Crippen LogP contribution in [0, 0.1) is 0 Å². The first-order valence-corrected chi connectivity index (χ1v) is 7.58. The molecule has 1 saturated carbocycles. The van der Waals surface area contributed by atoms with Crippen molar-refractivity contribution in [3.8, 4) is 0 Å². The van der Waals surface area contributed by atoms with Crippen LogP contribution in [0.25, 0.3) is 0 Å². The van der Waals surface area contributed by atoms with E-state index in [-0.39, 0.29) is 11.0 Å². The van der Waals surface area contributed by atoms with Crippen LogP contribution in [0.4, 0.5) is 0 Å². The summed E-state index contributed by atoms with van der Waals surface area (Å²) < 4.78 is 5.47. The zero-order valence-corrected chi connectivity index (χ0v) is 11.9. The number of thioether (sulfide) groups is 1. The van der Waals surface area contributed by atoms with Crippen molar-refractivity contribution in [3.05, 3.63) is 29.8 Å². The van der Waals surface area contributed by atoms with E-state index in [1.807, 2.05) is 11.8 Å². The van der Waals surface area contributed by atoms with Gasteiger partial charge >= 0.3 is 0 Å². The minimum absolute atomic E-state index is 0.00203. The monoisotopic (exact) mass is 263 g/mol. The van der Waals surface area contributed by atoms with Crippen LogP contribution in [0.15, 0.2) is 29.2 Å². The van der Waals surface area contributed by atoms with E-state index in [0.717, 1.165) is 26.1 Å². The second-order valence-electron chi connectivity index (χ2n) is 5.92. The Morgan fingerprint density at radius 1 is 1.17 bits per heavy atom. The standard InChI is InChI=1S/C15H21NOS/c1-11(2)18-13-5-3-12(4-6-13)14(9-17-10-14)15(16)7-8-15/h3-6,11H,7-10,16H2,1-2H3. The van der Waals surface area contributed by atoms with Crippen molar-refractivity contribution >= 4 is 11.8 Å². The second-order valence-corrected chi connectivity index (χ2v) is 7.57. The van der Waals surface area contributed by atoms with Crippen molar-refractivity contribution in [2.75, 3.05) is 13.2 Å². The molecule has 3 heteroatoms. The molecule has 1 aromatic carbocycles. The molecule has 2 N–H and O–H groups in total. The van der Waals surface area contributed by atoms with Gasteiger partial charge in [0.15, 0.2) is 0 Å². The Hall–Kier alpha value is -0.510. The van der Waals surface area contributed by atoms with E-state index in [4.69, 9.17) is 10.5 Å². The van der Waals surface area contributed by atoms with Gasteiger partial charge in [-0.1, -0.05) is 26.0 Å². The maximum Gasteiger partial charge on any atom is 0.0603 e. The molecule has 3 rings (SSSR count). The largest absolute Gasteiger partial charge is 0.379 e. The van der Waals surface area contributed by atoms with E-state index in [1.54, 1.807) is 0 Å². The highest BCUT2D eigenvalue weighted by Crippen LogP contribution is 2.53. The molecule has 18 heavy (non-hydrogen) atoms. The fraction of sp³-hybridized carbons (Fsp3) is 0.600. The maximum absolute atomic E-state index is 6.45. The number of nitrogens with two attached hydrogens (primary N) is 1. The quantitative estimate of drug-likeness (QED) is 0.848. The van der Waals surface area contributed by atoms with Crippen LogP contribution in [0.1, 0.15) is 32.3 Å².